The van der Waals surface area contributed by atoms with Crippen LogP contribution in [0.2, 0.25) is 0 Å². The third-order valence-electron chi connectivity index (χ3n) is 3.56. The smallest absolute Gasteiger partial charge is 0.313 e. The first kappa shape index (κ1) is 17.8. The second-order valence-electron chi connectivity index (χ2n) is 5.33. The van der Waals surface area contributed by atoms with Crippen molar-refractivity contribution in [2.75, 3.05) is 44.7 Å². The van der Waals surface area contributed by atoms with Crippen LogP contribution in [0.15, 0.2) is 24.3 Å². The van der Waals surface area contributed by atoms with Gasteiger partial charge in [0.1, 0.15) is 0 Å². The first-order valence-corrected chi connectivity index (χ1v) is 7.70. The molecule has 0 spiro atoms. The van der Waals surface area contributed by atoms with Crippen molar-refractivity contribution in [3.05, 3.63) is 34.4 Å². The van der Waals surface area contributed by atoms with Gasteiger partial charge in [0.15, 0.2) is 0 Å². The number of ether oxygens (including phenoxy) is 1. The van der Waals surface area contributed by atoms with Crippen LogP contribution in [0.5, 0.6) is 0 Å². The van der Waals surface area contributed by atoms with Crippen LogP contribution in [0.3, 0.4) is 0 Å². The normalized spacial score (nSPS) is 14.8. The van der Waals surface area contributed by atoms with Crippen molar-refractivity contribution in [2.24, 2.45) is 0 Å². The number of nitro groups is 1. The summed E-state index contributed by atoms with van der Waals surface area (Å²) in [5, 5.41) is 15.6. The van der Waals surface area contributed by atoms with Gasteiger partial charge in [0, 0.05) is 37.5 Å². The van der Waals surface area contributed by atoms with E-state index in [-0.39, 0.29) is 11.4 Å². The molecule has 24 heavy (non-hydrogen) atoms. The Morgan fingerprint density at radius 1 is 1.25 bits per heavy atom. The van der Waals surface area contributed by atoms with E-state index in [1.165, 1.54) is 24.3 Å². The fraction of sp³-hybridized carbons (Fsp3) is 0.467. The summed E-state index contributed by atoms with van der Waals surface area (Å²) in [6, 6.07) is 5.43. The molecule has 1 aromatic rings. The van der Waals surface area contributed by atoms with Gasteiger partial charge < -0.3 is 15.4 Å². The van der Waals surface area contributed by atoms with Gasteiger partial charge in [-0.25, -0.2) is 0 Å². The van der Waals surface area contributed by atoms with E-state index in [4.69, 9.17) is 4.74 Å². The standard InChI is InChI=1S/C15H20N4O5/c20-14(16-5-2-6-18-7-9-24-10-8-18)15(21)17-12-3-1-4-13(11-12)19(22)23/h1,3-4,11H,2,5-10H2,(H,16,20)(H,17,21). The molecule has 0 saturated carbocycles. The van der Waals surface area contributed by atoms with E-state index in [2.05, 4.69) is 15.5 Å². The summed E-state index contributed by atoms with van der Waals surface area (Å²) in [7, 11) is 0. The van der Waals surface area contributed by atoms with Gasteiger partial charge in [-0.15, -0.1) is 0 Å². The molecule has 0 aliphatic carbocycles. The Balaban J connectivity index is 1.71. The SMILES string of the molecule is O=C(NCCCN1CCOCC1)C(=O)Nc1cccc([N+](=O)[O-])c1. The van der Waals surface area contributed by atoms with Crippen molar-refractivity contribution in [3.8, 4) is 0 Å². The zero-order valence-electron chi connectivity index (χ0n) is 13.2. The van der Waals surface area contributed by atoms with Gasteiger partial charge in [-0.2, -0.15) is 0 Å². The second kappa shape index (κ2) is 8.94. The molecule has 0 atom stereocenters. The molecule has 1 aliphatic rings. The number of nitrogens with zero attached hydrogens (tertiary/aromatic N) is 2. The van der Waals surface area contributed by atoms with Crippen molar-refractivity contribution in [2.45, 2.75) is 6.42 Å². The van der Waals surface area contributed by atoms with Crippen LogP contribution in [0.4, 0.5) is 11.4 Å². The van der Waals surface area contributed by atoms with Gasteiger partial charge in [-0.1, -0.05) is 6.07 Å². The summed E-state index contributed by atoms with van der Waals surface area (Å²) in [4.78, 5) is 35.8. The molecule has 0 aromatic heterocycles. The van der Waals surface area contributed by atoms with Crippen molar-refractivity contribution in [1.29, 1.82) is 0 Å². The molecule has 1 aromatic carbocycles. The number of morpholine rings is 1. The fourth-order valence-corrected chi connectivity index (χ4v) is 2.29. The lowest BCUT2D eigenvalue weighted by Gasteiger charge is -2.26. The zero-order chi connectivity index (χ0) is 17.4. The molecule has 2 N–H and O–H groups in total. The van der Waals surface area contributed by atoms with Crippen LogP contribution >= 0.6 is 0 Å². The Morgan fingerprint density at radius 3 is 2.71 bits per heavy atom. The average molecular weight is 336 g/mol. The van der Waals surface area contributed by atoms with Crippen LogP contribution in [0, 0.1) is 10.1 Å². The molecule has 2 amide bonds. The summed E-state index contributed by atoms with van der Waals surface area (Å²) >= 11 is 0. The van der Waals surface area contributed by atoms with E-state index in [1.54, 1.807) is 0 Å². The van der Waals surface area contributed by atoms with Gasteiger partial charge in [0.05, 0.1) is 18.1 Å². The molecule has 1 heterocycles. The number of anilines is 1. The van der Waals surface area contributed by atoms with Gasteiger partial charge >= 0.3 is 11.8 Å². The van der Waals surface area contributed by atoms with Gasteiger partial charge in [-0.05, 0) is 19.0 Å². The molecular weight excluding hydrogens is 316 g/mol. The molecule has 9 heteroatoms. The largest absolute Gasteiger partial charge is 0.379 e. The number of carbonyl (C=O) groups excluding carboxylic acids is 2. The van der Waals surface area contributed by atoms with Crippen LogP contribution in [0.25, 0.3) is 0 Å². The van der Waals surface area contributed by atoms with Crippen molar-refractivity contribution < 1.29 is 19.2 Å². The summed E-state index contributed by atoms with van der Waals surface area (Å²) in [6.45, 7) is 4.41. The van der Waals surface area contributed by atoms with Crippen LogP contribution in [-0.2, 0) is 14.3 Å². The number of benzene rings is 1. The molecule has 0 radical (unpaired) electrons. The maximum Gasteiger partial charge on any atom is 0.313 e. The van der Waals surface area contributed by atoms with Crippen LogP contribution in [-0.4, -0.2) is 61.0 Å². The topological polar surface area (TPSA) is 114 Å². The quantitative estimate of drug-likeness (QED) is 0.336. The van der Waals surface area contributed by atoms with Crippen LogP contribution < -0.4 is 10.6 Å². The third-order valence-corrected chi connectivity index (χ3v) is 3.56. The first-order valence-electron chi connectivity index (χ1n) is 7.70. The second-order valence-corrected chi connectivity index (χ2v) is 5.33. The van der Waals surface area contributed by atoms with Crippen molar-refractivity contribution >= 4 is 23.2 Å². The monoisotopic (exact) mass is 336 g/mol. The highest BCUT2D eigenvalue weighted by molar-refractivity contribution is 6.39. The third kappa shape index (κ3) is 5.60. The highest BCUT2D eigenvalue weighted by Gasteiger charge is 2.15. The number of carbonyl (C=O) groups is 2. The van der Waals surface area contributed by atoms with Gasteiger partial charge in [0.2, 0.25) is 0 Å². The van der Waals surface area contributed by atoms with Crippen molar-refractivity contribution in [3.63, 3.8) is 0 Å². The molecule has 2 rings (SSSR count). The minimum Gasteiger partial charge on any atom is -0.379 e. The van der Waals surface area contributed by atoms with Crippen LogP contribution in [0.1, 0.15) is 6.42 Å². The molecule has 9 nitrogen and oxygen atoms in total. The van der Waals surface area contributed by atoms with E-state index in [1.807, 2.05) is 0 Å². The molecule has 1 aliphatic heterocycles. The van der Waals surface area contributed by atoms with E-state index in [9.17, 15) is 19.7 Å². The lowest BCUT2D eigenvalue weighted by Crippen LogP contribution is -2.39. The number of nitro benzene ring substituents is 1. The highest BCUT2D eigenvalue weighted by atomic mass is 16.6. The van der Waals surface area contributed by atoms with Gasteiger partial charge in [0.25, 0.3) is 5.69 Å². The minimum atomic E-state index is -0.845. The predicted octanol–water partition coefficient (Wildman–Crippen LogP) is 0.372. The molecule has 0 bridgehead atoms. The van der Waals surface area contributed by atoms with E-state index in [0.717, 1.165) is 39.3 Å². The highest BCUT2D eigenvalue weighted by Crippen LogP contribution is 2.16. The lowest BCUT2D eigenvalue weighted by atomic mass is 10.3. The number of rotatable bonds is 6. The molecule has 1 fully saturated rings. The Kier molecular flexibility index (Phi) is 6.64. The number of hydrogen-bond donors (Lipinski definition) is 2. The Bertz CT molecular complexity index is 601. The minimum absolute atomic E-state index is 0.154. The summed E-state index contributed by atoms with van der Waals surface area (Å²) in [6.07, 6.45) is 0.732. The Hall–Kier alpha value is -2.52. The average Bonchev–Trinajstić information content (AvgIpc) is 2.59. The summed E-state index contributed by atoms with van der Waals surface area (Å²) < 4.78 is 5.25. The maximum absolute atomic E-state index is 11.8. The number of non-ortho nitro benzene ring substituents is 1. The zero-order valence-corrected chi connectivity index (χ0v) is 13.2. The van der Waals surface area contributed by atoms with E-state index in [0.29, 0.717) is 6.54 Å². The number of amides is 2. The fourth-order valence-electron chi connectivity index (χ4n) is 2.29. The molecular formula is C15H20N4O5. The lowest BCUT2D eigenvalue weighted by molar-refractivity contribution is -0.384. The Labute approximate surface area is 139 Å². The molecule has 130 valence electrons. The Morgan fingerprint density at radius 2 is 2.00 bits per heavy atom. The van der Waals surface area contributed by atoms with E-state index < -0.39 is 16.7 Å². The van der Waals surface area contributed by atoms with Crippen molar-refractivity contribution in [1.82, 2.24) is 10.2 Å². The summed E-state index contributed by atoms with van der Waals surface area (Å²) in [5.41, 5.74) is 0.0522. The van der Waals surface area contributed by atoms with Gasteiger partial charge in [-0.3, -0.25) is 24.6 Å². The molecule has 0 unspecified atom stereocenters. The number of nitrogens with one attached hydrogen (secondary N) is 2. The number of hydrogen-bond acceptors (Lipinski definition) is 6. The van der Waals surface area contributed by atoms with E-state index >= 15 is 0 Å². The summed E-state index contributed by atoms with van der Waals surface area (Å²) in [5.74, 6) is -1.61. The first-order chi connectivity index (χ1) is 11.6. The predicted molar refractivity (Wildman–Crippen MR) is 86.6 cm³/mol. The maximum atomic E-state index is 11.8. The molecule has 1 saturated heterocycles.